The van der Waals surface area contributed by atoms with Gasteiger partial charge in [-0.15, -0.1) is 11.3 Å². The van der Waals surface area contributed by atoms with Crippen molar-refractivity contribution < 1.29 is 9.28 Å². The maximum absolute atomic E-state index is 13.8. The van der Waals surface area contributed by atoms with Crippen LogP contribution in [0.15, 0.2) is 42.5 Å². The minimum absolute atomic E-state index is 0.236. The molecule has 5 heteroatoms. The third-order valence-corrected chi connectivity index (χ3v) is 7.18. The molecule has 1 saturated heterocycles. The van der Waals surface area contributed by atoms with E-state index in [0.717, 1.165) is 53.7 Å². The maximum atomic E-state index is 13.8. The summed E-state index contributed by atoms with van der Waals surface area (Å²) in [5, 5.41) is 6.77. The number of thiazole rings is 1. The second-order valence-electron chi connectivity index (χ2n) is 7.94. The van der Waals surface area contributed by atoms with Crippen LogP contribution in [0.5, 0.6) is 0 Å². The van der Waals surface area contributed by atoms with Crippen molar-refractivity contribution in [3.63, 3.8) is 0 Å². The zero-order chi connectivity index (χ0) is 19.7. The lowest BCUT2D eigenvalue weighted by Gasteiger charge is -2.38. The number of carbonyl (C=O) groups is 1. The summed E-state index contributed by atoms with van der Waals surface area (Å²) >= 11 is 1.56. The van der Waals surface area contributed by atoms with E-state index in [-0.39, 0.29) is 11.9 Å². The number of quaternary nitrogens is 1. The molecule has 1 N–H and O–H groups in total. The molecule has 1 fully saturated rings. The highest BCUT2D eigenvalue weighted by molar-refractivity contribution is 7.17. The molecule has 4 rings (SSSR count). The Hall–Kier alpha value is -2.08. The van der Waals surface area contributed by atoms with E-state index >= 15 is 0 Å². The van der Waals surface area contributed by atoms with E-state index in [1.165, 1.54) is 10.8 Å². The predicted molar refractivity (Wildman–Crippen MR) is 117 cm³/mol. The number of nitrogens with zero attached hydrogens (tertiary/aromatic N) is 2. The van der Waals surface area contributed by atoms with Gasteiger partial charge in [0, 0.05) is 25.1 Å². The molecular weight excluding hydrogens is 366 g/mol. The number of aromatic nitrogens is 1. The average molecular weight is 395 g/mol. The molecule has 0 radical (unpaired) electrons. The normalized spacial score (nSPS) is 20.4. The maximum Gasteiger partial charge on any atom is 0.358 e. The molecule has 0 saturated carbocycles. The van der Waals surface area contributed by atoms with Gasteiger partial charge in [-0.2, -0.15) is 0 Å². The molecule has 1 aliphatic heterocycles. The first-order valence-electron chi connectivity index (χ1n) is 10.1. The van der Waals surface area contributed by atoms with Gasteiger partial charge in [-0.25, -0.2) is 9.78 Å². The van der Waals surface area contributed by atoms with E-state index in [0.29, 0.717) is 4.48 Å². The monoisotopic (exact) mass is 394 g/mol. The summed E-state index contributed by atoms with van der Waals surface area (Å²) in [6, 6.07) is 14.9. The zero-order valence-corrected chi connectivity index (χ0v) is 17.7. The van der Waals surface area contributed by atoms with Crippen molar-refractivity contribution >= 4 is 28.0 Å². The number of benzene rings is 2. The molecule has 0 aliphatic carbocycles. The Kier molecular flexibility index (Phi) is 5.32. The SMILES string of the molecule is Cc1nc(-c2cccc3ccccc23)sc1C(=O)[N+]1(C(C)C)CCCNCC1. The van der Waals surface area contributed by atoms with Gasteiger partial charge in [0.15, 0.2) is 4.88 Å². The van der Waals surface area contributed by atoms with E-state index in [1.54, 1.807) is 11.3 Å². The summed E-state index contributed by atoms with van der Waals surface area (Å²) in [5.74, 6) is 0.236. The summed E-state index contributed by atoms with van der Waals surface area (Å²) < 4.78 is 0.519. The first kappa shape index (κ1) is 19.2. The average Bonchev–Trinajstić information content (AvgIpc) is 2.91. The van der Waals surface area contributed by atoms with Crippen molar-refractivity contribution in [2.24, 2.45) is 0 Å². The standard InChI is InChI=1S/C23H28N3OS/c1-16(2)26(14-7-12-24-13-15-26)23(27)21-17(3)25-22(28-21)20-11-6-9-18-8-4-5-10-19(18)20/h4-6,8-11,16,24H,7,12-15H2,1-3H3/q+1. The molecular formula is C23H28N3OS+. The summed E-state index contributed by atoms with van der Waals surface area (Å²) in [4.78, 5) is 19.4. The number of rotatable bonds is 3. The van der Waals surface area contributed by atoms with Crippen LogP contribution in [-0.4, -0.2) is 47.6 Å². The molecule has 1 amide bonds. The van der Waals surface area contributed by atoms with Crippen molar-refractivity contribution in [3.8, 4) is 10.6 Å². The number of hydrogen-bond donors (Lipinski definition) is 1. The van der Waals surface area contributed by atoms with Crippen LogP contribution in [0.2, 0.25) is 0 Å². The highest BCUT2D eigenvalue weighted by atomic mass is 32.1. The van der Waals surface area contributed by atoms with Gasteiger partial charge in [-0.05, 0) is 31.5 Å². The van der Waals surface area contributed by atoms with E-state index < -0.39 is 0 Å². The molecule has 1 atom stereocenters. The third-order valence-electron chi connectivity index (χ3n) is 6.00. The van der Waals surface area contributed by atoms with Gasteiger partial charge in [-0.1, -0.05) is 42.5 Å². The molecule has 28 heavy (non-hydrogen) atoms. The highest BCUT2D eigenvalue weighted by Gasteiger charge is 2.42. The molecule has 1 unspecified atom stereocenters. The Morgan fingerprint density at radius 1 is 1.11 bits per heavy atom. The Balaban J connectivity index is 1.78. The zero-order valence-electron chi connectivity index (χ0n) is 16.9. The Morgan fingerprint density at radius 2 is 1.89 bits per heavy atom. The predicted octanol–water partition coefficient (Wildman–Crippen LogP) is 4.63. The number of fused-ring (bicyclic) bond motifs is 1. The van der Waals surface area contributed by atoms with Gasteiger partial charge in [0.05, 0.1) is 24.8 Å². The number of carbonyl (C=O) groups excluding carboxylic acids is 1. The smallest absolute Gasteiger partial charge is 0.311 e. The lowest BCUT2D eigenvalue weighted by atomic mass is 10.1. The fourth-order valence-electron chi connectivity index (χ4n) is 4.28. The Bertz CT molecular complexity index is 995. The van der Waals surface area contributed by atoms with E-state index in [4.69, 9.17) is 4.98 Å². The minimum Gasteiger partial charge on any atom is -0.311 e. The van der Waals surface area contributed by atoms with Gasteiger partial charge in [0.2, 0.25) is 0 Å². The molecule has 4 nitrogen and oxygen atoms in total. The van der Waals surface area contributed by atoms with Crippen LogP contribution < -0.4 is 5.32 Å². The number of hydrogen-bond acceptors (Lipinski definition) is 4. The van der Waals surface area contributed by atoms with Crippen LogP contribution in [0.3, 0.4) is 0 Å². The lowest BCUT2D eigenvalue weighted by molar-refractivity contribution is -0.868. The molecule has 2 heterocycles. The topological polar surface area (TPSA) is 42.0 Å². The number of amides is 1. The van der Waals surface area contributed by atoms with Crippen LogP contribution in [0.4, 0.5) is 0 Å². The van der Waals surface area contributed by atoms with Crippen molar-refractivity contribution in [1.29, 1.82) is 0 Å². The Labute approximate surface area is 170 Å². The van der Waals surface area contributed by atoms with Crippen LogP contribution in [0.25, 0.3) is 21.3 Å². The van der Waals surface area contributed by atoms with Gasteiger partial charge in [-0.3, -0.25) is 4.48 Å². The summed E-state index contributed by atoms with van der Waals surface area (Å²) in [6.07, 6.45) is 1.03. The molecule has 0 bridgehead atoms. The summed E-state index contributed by atoms with van der Waals surface area (Å²) in [7, 11) is 0. The van der Waals surface area contributed by atoms with Crippen molar-refractivity contribution in [1.82, 2.24) is 10.3 Å². The molecule has 1 aliphatic rings. The van der Waals surface area contributed by atoms with Gasteiger partial charge in [0.25, 0.3) is 0 Å². The highest BCUT2D eigenvalue weighted by Crippen LogP contribution is 2.35. The number of aryl methyl sites for hydroxylation is 1. The van der Waals surface area contributed by atoms with E-state index in [9.17, 15) is 4.79 Å². The third kappa shape index (κ3) is 3.28. The quantitative estimate of drug-likeness (QED) is 0.659. The largest absolute Gasteiger partial charge is 0.358 e. The molecule has 1 aromatic heterocycles. The summed E-state index contributed by atoms with van der Waals surface area (Å²) in [6.45, 7) is 9.93. The second kappa shape index (κ2) is 7.74. The molecule has 146 valence electrons. The Morgan fingerprint density at radius 3 is 2.71 bits per heavy atom. The van der Waals surface area contributed by atoms with Crippen molar-refractivity contribution in [2.45, 2.75) is 33.2 Å². The van der Waals surface area contributed by atoms with Crippen LogP contribution in [-0.2, 0) is 0 Å². The summed E-state index contributed by atoms with van der Waals surface area (Å²) in [5.41, 5.74) is 1.96. The van der Waals surface area contributed by atoms with Gasteiger partial charge >= 0.3 is 5.91 Å². The van der Waals surface area contributed by atoms with Crippen LogP contribution in [0, 0.1) is 6.92 Å². The first-order valence-corrected chi connectivity index (χ1v) is 10.9. The minimum atomic E-state index is 0.236. The molecule has 0 spiro atoms. The molecule has 2 aromatic carbocycles. The van der Waals surface area contributed by atoms with Gasteiger partial charge < -0.3 is 5.32 Å². The lowest BCUT2D eigenvalue weighted by Crippen LogP contribution is -2.58. The van der Waals surface area contributed by atoms with Crippen LogP contribution >= 0.6 is 11.3 Å². The van der Waals surface area contributed by atoms with Crippen molar-refractivity contribution in [2.75, 3.05) is 26.2 Å². The van der Waals surface area contributed by atoms with Gasteiger partial charge in [0.1, 0.15) is 5.01 Å². The van der Waals surface area contributed by atoms with E-state index in [1.807, 2.05) is 6.92 Å². The fourth-order valence-corrected chi connectivity index (χ4v) is 5.41. The number of nitrogens with one attached hydrogen (secondary N) is 1. The van der Waals surface area contributed by atoms with E-state index in [2.05, 4.69) is 61.6 Å². The fraction of sp³-hybridized carbons (Fsp3) is 0.391. The van der Waals surface area contributed by atoms with Crippen molar-refractivity contribution in [3.05, 3.63) is 53.0 Å². The molecule has 3 aromatic rings. The first-order chi connectivity index (χ1) is 13.5. The second-order valence-corrected chi connectivity index (χ2v) is 8.94. The van der Waals surface area contributed by atoms with Crippen LogP contribution in [0.1, 0.15) is 35.6 Å².